The lowest BCUT2D eigenvalue weighted by Crippen LogP contribution is -2.16. The molecule has 2 aromatic rings. The SMILES string of the molecule is COc1cc2nc(C3CCC3)n(CCCO)c2cc1OC. The third kappa shape index (κ3) is 2.46. The number of ether oxygens (including phenoxy) is 2. The van der Waals surface area contributed by atoms with Crippen LogP contribution in [0.1, 0.15) is 37.4 Å². The highest BCUT2D eigenvalue weighted by Gasteiger charge is 2.26. The third-order valence-corrected chi connectivity index (χ3v) is 4.29. The molecule has 0 atom stereocenters. The van der Waals surface area contributed by atoms with E-state index in [1.54, 1.807) is 14.2 Å². The molecule has 5 nitrogen and oxygen atoms in total. The van der Waals surface area contributed by atoms with Gasteiger partial charge in [-0.05, 0) is 19.3 Å². The molecule has 1 aromatic heterocycles. The molecule has 5 heteroatoms. The van der Waals surface area contributed by atoms with Gasteiger partial charge in [0, 0.05) is 31.2 Å². The van der Waals surface area contributed by atoms with E-state index >= 15 is 0 Å². The summed E-state index contributed by atoms with van der Waals surface area (Å²) in [6.07, 6.45) is 4.42. The van der Waals surface area contributed by atoms with E-state index in [0.717, 1.165) is 35.6 Å². The van der Waals surface area contributed by atoms with Crippen molar-refractivity contribution >= 4 is 11.0 Å². The lowest BCUT2D eigenvalue weighted by atomic mass is 9.85. The van der Waals surface area contributed by atoms with Crippen molar-refractivity contribution in [2.24, 2.45) is 0 Å². The molecule has 114 valence electrons. The smallest absolute Gasteiger partial charge is 0.163 e. The van der Waals surface area contributed by atoms with Crippen molar-refractivity contribution < 1.29 is 14.6 Å². The molecule has 0 amide bonds. The highest BCUT2D eigenvalue weighted by molar-refractivity contribution is 5.81. The average molecular weight is 290 g/mol. The number of imidazole rings is 1. The van der Waals surface area contributed by atoms with Crippen molar-refractivity contribution in [3.8, 4) is 11.5 Å². The number of benzene rings is 1. The Morgan fingerprint density at radius 3 is 2.52 bits per heavy atom. The molecule has 1 aromatic carbocycles. The van der Waals surface area contributed by atoms with Gasteiger partial charge in [-0.2, -0.15) is 0 Å². The number of aryl methyl sites for hydroxylation is 1. The van der Waals surface area contributed by atoms with Gasteiger partial charge in [-0.3, -0.25) is 0 Å². The highest BCUT2D eigenvalue weighted by atomic mass is 16.5. The van der Waals surface area contributed by atoms with E-state index in [4.69, 9.17) is 19.6 Å². The molecule has 0 radical (unpaired) electrons. The average Bonchev–Trinajstić information content (AvgIpc) is 2.78. The van der Waals surface area contributed by atoms with Crippen LogP contribution in [0.2, 0.25) is 0 Å². The summed E-state index contributed by atoms with van der Waals surface area (Å²) in [4.78, 5) is 4.82. The van der Waals surface area contributed by atoms with Gasteiger partial charge in [0.2, 0.25) is 0 Å². The highest BCUT2D eigenvalue weighted by Crippen LogP contribution is 2.39. The lowest BCUT2D eigenvalue weighted by Gasteiger charge is -2.25. The number of nitrogens with zero attached hydrogens (tertiary/aromatic N) is 2. The van der Waals surface area contributed by atoms with Crippen molar-refractivity contribution in [3.05, 3.63) is 18.0 Å². The minimum atomic E-state index is 0.192. The van der Waals surface area contributed by atoms with Gasteiger partial charge < -0.3 is 19.1 Å². The van der Waals surface area contributed by atoms with Crippen LogP contribution in [0.15, 0.2) is 12.1 Å². The Bertz CT molecular complexity index is 632. The number of hydrogen-bond acceptors (Lipinski definition) is 4. The largest absolute Gasteiger partial charge is 0.493 e. The first-order valence-corrected chi connectivity index (χ1v) is 7.51. The Labute approximate surface area is 124 Å². The van der Waals surface area contributed by atoms with Crippen molar-refractivity contribution in [1.82, 2.24) is 9.55 Å². The van der Waals surface area contributed by atoms with Gasteiger partial charge in [0.05, 0.1) is 25.3 Å². The van der Waals surface area contributed by atoms with Gasteiger partial charge in [-0.15, -0.1) is 0 Å². The van der Waals surface area contributed by atoms with Crippen LogP contribution in [0.25, 0.3) is 11.0 Å². The van der Waals surface area contributed by atoms with Gasteiger partial charge in [0.25, 0.3) is 0 Å². The van der Waals surface area contributed by atoms with E-state index in [1.807, 2.05) is 12.1 Å². The predicted molar refractivity (Wildman–Crippen MR) is 81.1 cm³/mol. The molecular weight excluding hydrogens is 268 g/mol. The van der Waals surface area contributed by atoms with Crippen molar-refractivity contribution in [2.45, 2.75) is 38.1 Å². The van der Waals surface area contributed by atoms with E-state index in [0.29, 0.717) is 11.7 Å². The Kier molecular flexibility index (Phi) is 4.01. The lowest BCUT2D eigenvalue weighted by molar-refractivity contribution is 0.277. The number of aliphatic hydroxyl groups is 1. The fourth-order valence-electron chi connectivity index (χ4n) is 2.91. The second kappa shape index (κ2) is 5.93. The number of aromatic nitrogens is 2. The van der Waals surface area contributed by atoms with Crippen LogP contribution in [-0.4, -0.2) is 35.5 Å². The fraction of sp³-hybridized carbons (Fsp3) is 0.562. The second-order valence-corrected chi connectivity index (χ2v) is 5.52. The van der Waals surface area contributed by atoms with E-state index in [-0.39, 0.29) is 6.61 Å². The number of hydrogen-bond donors (Lipinski definition) is 1. The fourth-order valence-corrected chi connectivity index (χ4v) is 2.91. The van der Waals surface area contributed by atoms with Crippen molar-refractivity contribution in [1.29, 1.82) is 0 Å². The zero-order valence-corrected chi connectivity index (χ0v) is 12.6. The van der Waals surface area contributed by atoms with Crippen molar-refractivity contribution in [3.63, 3.8) is 0 Å². The quantitative estimate of drug-likeness (QED) is 0.888. The first-order valence-electron chi connectivity index (χ1n) is 7.51. The molecule has 0 saturated heterocycles. The third-order valence-electron chi connectivity index (χ3n) is 4.29. The molecular formula is C16H22N2O3. The molecule has 0 unspecified atom stereocenters. The molecule has 1 heterocycles. The summed E-state index contributed by atoms with van der Waals surface area (Å²) in [6, 6.07) is 3.92. The summed E-state index contributed by atoms with van der Waals surface area (Å²) >= 11 is 0. The minimum Gasteiger partial charge on any atom is -0.493 e. The summed E-state index contributed by atoms with van der Waals surface area (Å²) in [5, 5.41) is 9.14. The maximum Gasteiger partial charge on any atom is 0.163 e. The van der Waals surface area contributed by atoms with Crippen LogP contribution < -0.4 is 9.47 Å². The maximum absolute atomic E-state index is 9.14. The zero-order valence-electron chi connectivity index (χ0n) is 12.6. The Morgan fingerprint density at radius 1 is 1.24 bits per heavy atom. The summed E-state index contributed by atoms with van der Waals surface area (Å²) in [6.45, 7) is 0.978. The second-order valence-electron chi connectivity index (χ2n) is 5.52. The number of methoxy groups -OCH3 is 2. The normalized spacial score (nSPS) is 15.2. The first kappa shape index (κ1) is 14.2. The van der Waals surface area contributed by atoms with Crippen LogP contribution in [-0.2, 0) is 6.54 Å². The number of aliphatic hydroxyl groups excluding tert-OH is 1. The van der Waals surface area contributed by atoms with E-state index in [2.05, 4.69) is 4.57 Å². The number of fused-ring (bicyclic) bond motifs is 1. The molecule has 1 fully saturated rings. The van der Waals surface area contributed by atoms with E-state index in [1.165, 1.54) is 19.3 Å². The van der Waals surface area contributed by atoms with Crippen LogP contribution in [0, 0.1) is 0 Å². The zero-order chi connectivity index (χ0) is 14.8. The molecule has 3 rings (SSSR count). The molecule has 1 aliphatic rings. The predicted octanol–water partition coefficient (Wildman–Crippen LogP) is 2.70. The molecule has 1 aliphatic carbocycles. The molecule has 1 saturated carbocycles. The Morgan fingerprint density at radius 2 is 1.95 bits per heavy atom. The van der Waals surface area contributed by atoms with Gasteiger partial charge in [0.15, 0.2) is 11.5 Å². The van der Waals surface area contributed by atoms with Gasteiger partial charge in [-0.1, -0.05) is 6.42 Å². The van der Waals surface area contributed by atoms with E-state index < -0.39 is 0 Å². The molecule has 0 spiro atoms. The summed E-state index contributed by atoms with van der Waals surface area (Å²) in [5.41, 5.74) is 2.00. The van der Waals surface area contributed by atoms with Crippen molar-refractivity contribution in [2.75, 3.05) is 20.8 Å². The maximum atomic E-state index is 9.14. The van der Waals surface area contributed by atoms with Crippen LogP contribution in [0.4, 0.5) is 0 Å². The first-order chi connectivity index (χ1) is 10.3. The topological polar surface area (TPSA) is 56.5 Å². The standard InChI is InChI=1S/C16H22N2O3/c1-20-14-9-12-13(10-15(14)21-2)18(7-4-8-19)16(17-12)11-5-3-6-11/h9-11,19H,3-8H2,1-2H3. The Balaban J connectivity index is 2.11. The molecule has 0 bridgehead atoms. The number of rotatable bonds is 6. The molecule has 0 aliphatic heterocycles. The van der Waals surface area contributed by atoms with Gasteiger partial charge in [-0.25, -0.2) is 4.98 Å². The van der Waals surface area contributed by atoms with Gasteiger partial charge >= 0.3 is 0 Å². The summed E-state index contributed by atoms with van der Waals surface area (Å²) in [7, 11) is 3.28. The summed E-state index contributed by atoms with van der Waals surface area (Å²) in [5.74, 6) is 3.11. The molecule has 21 heavy (non-hydrogen) atoms. The monoisotopic (exact) mass is 290 g/mol. The minimum absolute atomic E-state index is 0.192. The van der Waals surface area contributed by atoms with Crippen LogP contribution in [0.3, 0.4) is 0 Å². The van der Waals surface area contributed by atoms with E-state index in [9.17, 15) is 0 Å². The van der Waals surface area contributed by atoms with Crippen LogP contribution in [0.5, 0.6) is 11.5 Å². The Hall–Kier alpha value is -1.75. The van der Waals surface area contributed by atoms with Gasteiger partial charge in [0.1, 0.15) is 5.82 Å². The van der Waals surface area contributed by atoms with Crippen LogP contribution >= 0.6 is 0 Å². The molecule has 1 N–H and O–H groups in total. The summed E-state index contributed by atoms with van der Waals surface area (Å²) < 4.78 is 13.0.